The second-order valence-corrected chi connectivity index (χ2v) is 8.06. The predicted molar refractivity (Wildman–Crippen MR) is 89.8 cm³/mol. The number of nitrogens with one attached hydrogen (secondary N) is 2. The molecule has 0 radical (unpaired) electrons. The van der Waals surface area contributed by atoms with E-state index in [9.17, 15) is 22.4 Å². The van der Waals surface area contributed by atoms with E-state index in [-0.39, 0.29) is 30.2 Å². The number of sulfonamides is 1. The van der Waals surface area contributed by atoms with E-state index in [4.69, 9.17) is 5.11 Å². The first kappa shape index (κ1) is 21.0. The van der Waals surface area contributed by atoms with Crippen LogP contribution in [0.2, 0.25) is 0 Å². The van der Waals surface area contributed by atoms with Gasteiger partial charge in [-0.3, -0.25) is 9.59 Å². The fraction of sp³-hybridized carbons (Fsp3) is 0.500. The van der Waals surface area contributed by atoms with Crippen molar-refractivity contribution in [2.45, 2.75) is 44.0 Å². The Kier molecular flexibility index (Phi) is 7.06. The minimum absolute atomic E-state index is 0.104. The highest BCUT2D eigenvalue weighted by Gasteiger charge is 2.32. The molecule has 25 heavy (non-hydrogen) atoms. The average Bonchev–Trinajstić information content (AvgIpc) is 2.46. The highest BCUT2D eigenvalue weighted by molar-refractivity contribution is 7.89. The molecular weight excluding hydrogens is 351 g/mol. The Morgan fingerprint density at radius 1 is 1.24 bits per heavy atom. The van der Waals surface area contributed by atoms with Gasteiger partial charge in [0.25, 0.3) is 0 Å². The van der Waals surface area contributed by atoms with Gasteiger partial charge in [0, 0.05) is 18.5 Å². The number of carboxylic acids is 1. The van der Waals surface area contributed by atoms with Gasteiger partial charge in [-0.05, 0) is 37.1 Å². The molecule has 140 valence electrons. The average molecular weight is 374 g/mol. The van der Waals surface area contributed by atoms with Crippen LogP contribution >= 0.6 is 0 Å². The van der Waals surface area contributed by atoms with Crippen molar-refractivity contribution in [1.29, 1.82) is 0 Å². The van der Waals surface area contributed by atoms with Crippen LogP contribution in [0.1, 0.15) is 33.6 Å². The number of hydrogen-bond donors (Lipinski definition) is 3. The van der Waals surface area contributed by atoms with Crippen LogP contribution in [-0.2, 0) is 19.6 Å². The molecule has 1 aromatic carbocycles. The van der Waals surface area contributed by atoms with E-state index in [0.29, 0.717) is 0 Å². The summed E-state index contributed by atoms with van der Waals surface area (Å²) < 4.78 is 39.1. The van der Waals surface area contributed by atoms with Gasteiger partial charge in [-0.15, -0.1) is 0 Å². The zero-order chi connectivity index (χ0) is 19.3. The predicted octanol–water partition coefficient (Wildman–Crippen LogP) is 1.50. The first-order chi connectivity index (χ1) is 11.5. The van der Waals surface area contributed by atoms with E-state index in [0.717, 1.165) is 24.3 Å². The Morgan fingerprint density at radius 2 is 1.80 bits per heavy atom. The number of carboxylic acid groups (broad SMARTS) is 1. The monoisotopic (exact) mass is 374 g/mol. The summed E-state index contributed by atoms with van der Waals surface area (Å²) in [5.74, 6) is -2.17. The maximum atomic E-state index is 12.8. The molecule has 1 rings (SSSR count). The van der Waals surface area contributed by atoms with Gasteiger partial charge in [-0.25, -0.2) is 17.5 Å². The molecule has 0 aliphatic rings. The van der Waals surface area contributed by atoms with E-state index in [1.807, 2.05) is 0 Å². The molecule has 1 amide bonds. The lowest BCUT2D eigenvalue weighted by Gasteiger charge is -2.33. The molecule has 0 aliphatic carbocycles. The van der Waals surface area contributed by atoms with Crippen molar-refractivity contribution in [3.63, 3.8) is 0 Å². The van der Waals surface area contributed by atoms with E-state index in [2.05, 4.69) is 10.0 Å². The Balaban J connectivity index is 2.61. The van der Waals surface area contributed by atoms with Crippen molar-refractivity contribution in [3.05, 3.63) is 30.1 Å². The molecule has 1 unspecified atom stereocenters. The molecule has 0 saturated carbocycles. The van der Waals surface area contributed by atoms with E-state index in [1.54, 1.807) is 20.8 Å². The number of halogens is 1. The molecule has 0 fully saturated rings. The zero-order valence-electron chi connectivity index (χ0n) is 14.4. The highest BCUT2D eigenvalue weighted by Crippen LogP contribution is 2.21. The lowest BCUT2D eigenvalue weighted by molar-refractivity contribution is -0.139. The number of carbonyl (C=O) groups is 2. The third kappa shape index (κ3) is 6.43. The molecule has 1 atom stereocenters. The van der Waals surface area contributed by atoms with Crippen LogP contribution in [0, 0.1) is 11.7 Å². The molecule has 0 aromatic heterocycles. The molecule has 0 heterocycles. The van der Waals surface area contributed by atoms with Crippen molar-refractivity contribution in [2.24, 2.45) is 5.92 Å². The Bertz CT molecular complexity index is 719. The van der Waals surface area contributed by atoms with Gasteiger partial charge in [0.05, 0.1) is 11.3 Å². The zero-order valence-corrected chi connectivity index (χ0v) is 15.2. The summed E-state index contributed by atoms with van der Waals surface area (Å²) in [5.41, 5.74) is -0.932. The third-order valence-electron chi connectivity index (χ3n) is 3.99. The maximum Gasteiger partial charge on any atom is 0.305 e. The fourth-order valence-corrected chi connectivity index (χ4v) is 3.12. The van der Waals surface area contributed by atoms with Crippen LogP contribution in [0.25, 0.3) is 0 Å². The van der Waals surface area contributed by atoms with Gasteiger partial charge in [-0.2, -0.15) is 0 Å². The van der Waals surface area contributed by atoms with Gasteiger partial charge < -0.3 is 10.4 Å². The lowest BCUT2D eigenvalue weighted by atomic mass is 9.85. The van der Waals surface area contributed by atoms with Crippen molar-refractivity contribution in [3.8, 4) is 0 Å². The van der Waals surface area contributed by atoms with Crippen LogP contribution in [0.15, 0.2) is 29.2 Å². The van der Waals surface area contributed by atoms with E-state index in [1.165, 1.54) is 0 Å². The topological polar surface area (TPSA) is 113 Å². The first-order valence-electron chi connectivity index (χ1n) is 7.74. The number of aliphatic carboxylic acids is 1. The van der Waals surface area contributed by atoms with Gasteiger partial charge in [0.1, 0.15) is 5.82 Å². The largest absolute Gasteiger partial charge is 0.481 e. The minimum Gasteiger partial charge on any atom is -0.481 e. The third-order valence-corrected chi connectivity index (χ3v) is 5.46. The molecule has 3 N–H and O–H groups in total. The quantitative estimate of drug-likeness (QED) is 0.606. The first-order valence-corrected chi connectivity index (χ1v) is 9.22. The van der Waals surface area contributed by atoms with Crippen LogP contribution in [0.3, 0.4) is 0 Å². The summed E-state index contributed by atoms with van der Waals surface area (Å²) in [6, 6.07) is 4.31. The van der Waals surface area contributed by atoms with Crippen LogP contribution in [0.4, 0.5) is 4.39 Å². The van der Waals surface area contributed by atoms with Crippen LogP contribution in [-0.4, -0.2) is 37.5 Å². The van der Waals surface area contributed by atoms with Crippen molar-refractivity contribution in [2.75, 3.05) is 6.54 Å². The second kappa shape index (κ2) is 8.39. The normalized spacial score (nSPS) is 14.1. The SMILES string of the molecule is CC(C)C(C)(CC(=O)O)NC(=O)CCNS(=O)(=O)c1ccc(F)cc1. The second-order valence-electron chi connectivity index (χ2n) is 6.29. The summed E-state index contributed by atoms with van der Waals surface area (Å²) in [5, 5.41) is 11.6. The molecule has 0 saturated heterocycles. The fourth-order valence-electron chi connectivity index (χ4n) is 2.08. The van der Waals surface area contributed by atoms with E-state index < -0.39 is 33.3 Å². The van der Waals surface area contributed by atoms with Gasteiger partial charge in [0.2, 0.25) is 15.9 Å². The molecule has 0 bridgehead atoms. The van der Waals surface area contributed by atoms with Crippen molar-refractivity contribution in [1.82, 2.24) is 10.0 Å². The van der Waals surface area contributed by atoms with Crippen LogP contribution < -0.4 is 10.0 Å². The minimum atomic E-state index is -3.84. The van der Waals surface area contributed by atoms with E-state index >= 15 is 0 Å². The summed E-state index contributed by atoms with van der Waals surface area (Å²) in [6.07, 6.45) is -0.389. The Morgan fingerprint density at radius 3 is 2.28 bits per heavy atom. The molecule has 0 aliphatic heterocycles. The van der Waals surface area contributed by atoms with Crippen molar-refractivity contribution < 1.29 is 27.5 Å². The lowest BCUT2D eigenvalue weighted by Crippen LogP contribution is -2.51. The molecule has 7 nitrogen and oxygen atoms in total. The van der Waals surface area contributed by atoms with Gasteiger partial charge in [0.15, 0.2) is 0 Å². The molecular formula is C16H23FN2O5S. The number of benzene rings is 1. The summed E-state index contributed by atoms with van der Waals surface area (Å²) in [7, 11) is -3.84. The smallest absolute Gasteiger partial charge is 0.305 e. The highest BCUT2D eigenvalue weighted by atomic mass is 32.2. The summed E-state index contributed by atoms with van der Waals surface area (Å²) in [6.45, 7) is 5.06. The van der Waals surface area contributed by atoms with Crippen LogP contribution in [0.5, 0.6) is 0 Å². The number of amides is 1. The Hall–Kier alpha value is -2.00. The van der Waals surface area contributed by atoms with Gasteiger partial charge in [-0.1, -0.05) is 13.8 Å². The molecule has 9 heteroatoms. The summed E-state index contributed by atoms with van der Waals surface area (Å²) in [4.78, 5) is 22.9. The summed E-state index contributed by atoms with van der Waals surface area (Å²) >= 11 is 0. The van der Waals surface area contributed by atoms with Crippen molar-refractivity contribution >= 4 is 21.9 Å². The molecule has 0 spiro atoms. The molecule has 1 aromatic rings. The number of carbonyl (C=O) groups excluding carboxylic acids is 1. The Labute approximate surface area is 146 Å². The number of rotatable bonds is 9. The standard InChI is InChI=1S/C16H23FN2O5S/c1-11(2)16(3,10-15(21)22)19-14(20)8-9-18-25(23,24)13-6-4-12(17)5-7-13/h4-7,11,18H,8-10H2,1-3H3,(H,19,20)(H,21,22). The maximum absolute atomic E-state index is 12.8. The number of hydrogen-bond acceptors (Lipinski definition) is 4. The van der Waals surface area contributed by atoms with Gasteiger partial charge >= 0.3 is 5.97 Å².